The summed E-state index contributed by atoms with van der Waals surface area (Å²) in [5.41, 5.74) is 1.86. The molecule has 2 heteroatoms. The Hall–Kier alpha value is -1.31. The number of carbonyl (C=O) groups is 1. The minimum Gasteiger partial charge on any atom is -0.481 e. The predicted molar refractivity (Wildman–Crippen MR) is 77.3 cm³/mol. The smallest absolute Gasteiger partial charge is 0.309 e. The molecule has 1 aliphatic rings. The Morgan fingerprint density at radius 1 is 1.05 bits per heavy atom. The molecule has 0 atom stereocenters. The van der Waals surface area contributed by atoms with Crippen LogP contribution in [0.2, 0.25) is 0 Å². The number of aryl methyl sites for hydroxylation is 1. The summed E-state index contributed by atoms with van der Waals surface area (Å²) in [4.78, 5) is 11.8. The third kappa shape index (κ3) is 3.59. The van der Waals surface area contributed by atoms with Crippen molar-refractivity contribution < 1.29 is 9.90 Å². The van der Waals surface area contributed by atoms with Crippen LogP contribution in [0.3, 0.4) is 0 Å². The Kier molecular flexibility index (Phi) is 4.62. The summed E-state index contributed by atoms with van der Waals surface area (Å²) in [6, 6.07) is 8.32. The number of carboxylic acid groups (broad SMARTS) is 1. The fourth-order valence-corrected chi connectivity index (χ4v) is 3.15. The molecule has 1 aliphatic carbocycles. The average Bonchev–Trinajstić information content (AvgIpc) is 2.35. The van der Waals surface area contributed by atoms with Gasteiger partial charge in [-0.2, -0.15) is 0 Å². The van der Waals surface area contributed by atoms with Gasteiger partial charge in [-0.05, 0) is 31.7 Å². The van der Waals surface area contributed by atoms with E-state index in [-0.39, 0.29) is 0 Å². The number of hydrogen-bond acceptors (Lipinski definition) is 1. The normalized spacial score (nSPS) is 19.4. The van der Waals surface area contributed by atoms with Gasteiger partial charge in [-0.25, -0.2) is 0 Å². The van der Waals surface area contributed by atoms with Crippen LogP contribution in [0, 0.1) is 12.3 Å². The molecule has 2 rings (SSSR count). The van der Waals surface area contributed by atoms with E-state index in [1.165, 1.54) is 24.8 Å². The summed E-state index contributed by atoms with van der Waals surface area (Å²) >= 11 is 0. The van der Waals surface area contributed by atoms with E-state index in [0.717, 1.165) is 31.2 Å². The number of benzene rings is 1. The molecule has 0 heterocycles. The van der Waals surface area contributed by atoms with E-state index < -0.39 is 11.4 Å². The summed E-state index contributed by atoms with van der Waals surface area (Å²) in [6.45, 7) is 2.06. The fourth-order valence-electron chi connectivity index (χ4n) is 3.15. The van der Waals surface area contributed by atoms with Gasteiger partial charge in [-0.1, -0.05) is 61.9 Å². The molecule has 0 aromatic heterocycles. The van der Waals surface area contributed by atoms with E-state index in [1.54, 1.807) is 0 Å². The minimum absolute atomic E-state index is 0.532. The Bertz CT molecular complexity index is 411. The Morgan fingerprint density at radius 2 is 1.58 bits per heavy atom. The molecule has 1 N–H and O–H groups in total. The maximum absolute atomic E-state index is 11.8. The molecule has 0 amide bonds. The van der Waals surface area contributed by atoms with Crippen molar-refractivity contribution >= 4 is 5.97 Å². The van der Waals surface area contributed by atoms with Gasteiger partial charge < -0.3 is 5.11 Å². The SMILES string of the molecule is Cc1ccc(CC2(C(=O)O)CCCCCCC2)cc1. The zero-order chi connectivity index (χ0) is 13.7. The third-order valence-electron chi connectivity index (χ3n) is 4.43. The lowest BCUT2D eigenvalue weighted by atomic mass is 9.72. The zero-order valence-corrected chi connectivity index (χ0v) is 11.8. The van der Waals surface area contributed by atoms with E-state index in [9.17, 15) is 9.90 Å². The van der Waals surface area contributed by atoms with Crippen molar-refractivity contribution in [2.45, 2.75) is 58.3 Å². The highest BCUT2D eigenvalue weighted by Crippen LogP contribution is 2.37. The molecule has 1 aromatic rings. The monoisotopic (exact) mass is 260 g/mol. The third-order valence-corrected chi connectivity index (χ3v) is 4.43. The maximum Gasteiger partial charge on any atom is 0.309 e. The molecule has 2 nitrogen and oxygen atoms in total. The van der Waals surface area contributed by atoms with Crippen LogP contribution in [0.5, 0.6) is 0 Å². The first-order valence-corrected chi connectivity index (χ1v) is 7.41. The lowest BCUT2D eigenvalue weighted by Crippen LogP contribution is -2.34. The molecule has 0 spiro atoms. The van der Waals surface area contributed by atoms with Crippen LogP contribution in [0.4, 0.5) is 0 Å². The zero-order valence-electron chi connectivity index (χ0n) is 11.8. The molecule has 0 saturated heterocycles. The van der Waals surface area contributed by atoms with Gasteiger partial charge in [0.1, 0.15) is 0 Å². The van der Waals surface area contributed by atoms with Gasteiger partial charge in [0, 0.05) is 0 Å². The summed E-state index contributed by atoms with van der Waals surface area (Å²) < 4.78 is 0. The van der Waals surface area contributed by atoms with Crippen LogP contribution in [0.1, 0.15) is 56.1 Å². The second-order valence-electron chi connectivity index (χ2n) is 6.02. The van der Waals surface area contributed by atoms with Gasteiger partial charge in [0.2, 0.25) is 0 Å². The molecular weight excluding hydrogens is 236 g/mol. The highest BCUT2D eigenvalue weighted by atomic mass is 16.4. The largest absolute Gasteiger partial charge is 0.481 e. The Morgan fingerprint density at radius 3 is 2.11 bits per heavy atom. The molecular formula is C17H24O2. The topological polar surface area (TPSA) is 37.3 Å². The van der Waals surface area contributed by atoms with Gasteiger partial charge in [0.15, 0.2) is 0 Å². The fraction of sp³-hybridized carbons (Fsp3) is 0.588. The lowest BCUT2D eigenvalue weighted by Gasteiger charge is -2.31. The molecule has 1 aromatic carbocycles. The quantitative estimate of drug-likeness (QED) is 0.877. The predicted octanol–water partition coefficient (Wildman–Crippen LogP) is 4.35. The van der Waals surface area contributed by atoms with Gasteiger partial charge in [-0.3, -0.25) is 4.79 Å². The highest BCUT2D eigenvalue weighted by molar-refractivity contribution is 5.75. The molecule has 1 fully saturated rings. The van der Waals surface area contributed by atoms with E-state index in [4.69, 9.17) is 0 Å². The standard InChI is InChI=1S/C17H24O2/c1-14-7-9-15(10-8-14)13-17(16(18)19)11-5-3-2-4-6-12-17/h7-10H,2-6,11-13H2,1H3,(H,18,19). The molecule has 1 saturated carbocycles. The van der Waals surface area contributed by atoms with Crippen LogP contribution >= 0.6 is 0 Å². The summed E-state index contributed by atoms with van der Waals surface area (Å²) in [6.07, 6.45) is 8.08. The molecule has 104 valence electrons. The van der Waals surface area contributed by atoms with Crippen LogP contribution in [-0.4, -0.2) is 11.1 Å². The number of carboxylic acids is 1. The number of hydrogen-bond donors (Lipinski definition) is 1. The first-order chi connectivity index (χ1) is 9.12. The van der Waals surface area contributed by atoms with Gasteiger partial charge >= 0.3 is 5.97 Å². The van der Waals surface area contributed by atoms with Gasteiger partial charge in [0.25, 0.3) is 0 Å². The summed E-state index contributed by atoms with van der Waals surface area (Å²) in [5, 5.41) is 9.72. The first kappa shape index (κ1) is 14.1. The summed E-state index contributed by atoms with van der Waals surface area (Å²) in [5.74, 6) is -0.602. The summed E-state index contributed by atoms with van der Waals surface area (Å²) in [7, 11) is 0. The van der Waals surface area contributed by atoms with E-state index in [0.29, 0.717) is 6.42 Å². The number of rotatable bonds is 3. The van der Waals surface area contributed by atoms with Crippen LogP contribution in [0.25, 0.3) is 0 Å². The van der Waals surface area contributed by atoms with Gasteiger partial charge in [0.05, 0.1) is 5.41 Å². The number of aliphatic carboxylic acids is 1. The van der Waals surface area contributed by atoms with E-state index in [1.807, 2.05) is 0 Å². The second kappa shape index (κ2) is 6.23. The van der Waals surface area contributed by atoms with Crippen molar-refractivity contribution in [3.63, 3.8) is 0 Å². The van der Waals surface area contributed by atoms with Crippen molar-refractivity contribution in [3.8, 4) is 0 Å². The van der Waals surface area contributed by atoms with Crippen LogP contribution < -0.4 is 0 Å². The lowest BCUT2D eigenvalue weighted by molar-refractivity contribution is -0.150. The molecule has 0 aliphatic heterocycles. The van der Waals surface area contributed by atoms with Crippen LogP contribution in [-0.2, 0) is 11.2 Å². The van der Waals surface area contributed by atoms with E-state index in [2.05, 4.69) is 31.2 Å². The molecule has 19 heavy (non-hydrogen) atoms. The molecule has 0 unspecified atom stereocenters. The van der Waals surface area contributed by atoms with Gasteiger partial charge in [-0.15, -0.1) is 0 Å². The minimum atomic E-state index is -0.602. The molecule has 0 radical (unpaired) electrons. The Labute approximate surface area is 115 Å². The van der Waals surface area contributed by atoms with E-state index >= 15 is 0 Å². The first-order valence-electron chi connectivity index (χ1n) is 7.41. The highest BCUT2D eigenvalue weighted by Gasteiger charge is 2.37. The van der Waals surface area contributed by atoms with Crippen molar-refractivity contribution in [1.29, 1.82) is 0 Å². The van der Waals surface area contributed by atoms with Crippen molar-refractivity contribution in [1.82, 2.24) is 0 Å². The maximum atomic E-state index is 11.8. The Balaban J connectivity index is 2.17. The average molecular weight is 260 g/mol. The molecule has 0 bridgehead atoms. The van der Waals surface area contributed by atoms with Crippen LogP contribution in [0.15, 0.2) is 24.3 Å². The second-order valence-corrected chi connectivity index (χ2v) is 6.02. The van der Waals surface area contributed by atoms with Crippen molar-refractivity contribution in [3.05, 3.63) is 35.4 Å². The van der Waals surface area contributed by atoms with Crippen molar-refractivity contribution in [2.75, 3.05) is 0 Å². The van der Waals surface area contributed by atoms with Crippen molar-refractivity contribution in [2.24, 2.45) is 5.41 Å².